The van der Waals surface area contributed by atoms with E-state index in [9.17, 15) is 17.6 Å². The van der Waals surface area contributed by atoms with Crippen molar-refractivity contribution in [2.75, 3.05) is 23.7 Å². The maximum Gasteiger partial charge on any atom is 0.324 e. The third-order valence-corrected chi connectivity index (χ3v) is 2.86. The first kappa shape index (κ1) is 17.5. The molecule has 0 fully saturated rings. The maximum atomic E-state index is 13.0. The summed E-state index contributed by atoms with van der Waals surface area (Å²) in [6.07, 6.45) is -2.33. The molecular formula is C13H20F4N4. The molecule has 0 aliphatic rings. The molecule has 2 N–H and O–H groups in total. The summed E-state index contributed by atoms with van der Waals surface area (Å²) < 4.78 is 50.3. The zero-order valence-electron chi connectivity index (χ0n) is 12.3. The predicted octanol–water partition coefficient (Wildman–Crippen LogP) is 3.48. The Kier molecular flexibility index (Phi) is 6.17. The fourth-order valence-electron chi connectivity index (χ4n) is 1.59. The van der Waals surface area contributed by atoms with Crippen LogP contribution in [0.1, 0.15) is 31.7 Å². The Morgan fingerprint density at radius 1 is 1.10 bits per heavy atom. The molecule has 1 aromatic rings. The van der Waals surface area contributed by atoms with Crippen molar-refractivity contribution >= 4 is 11.6 Å². The number of nitrogens with zero attached hydrogens (tertiary/aromatic N) is 2. The van der Waals surface area contributed by atoms with Gasteiger partial charge in [-0.3, -0.25) is 0 Å². The molecule has 1 rings (SSSR count). The van der Waals surface area contributed by atoms with Crippen molar-refractivity contribution in [2.45, 2.75) is 46.0 Å². The van der Waals surface area contributed by atoms with Crippen LogP contribution in [0.3, 0.4) is 0 Å². The van der Waals surface area contributed by atoms with Crippen molar-refractivity contribution in [3.8, 4) is 0 Å². The van der Waals surface area contributed by atoms with Crippen LogP contribution in [0.2, 0.25) is 0 Å². The Morgan fingerprint density at radius 3 is 2.14 bits per heavy atom. The summed E-state index contributed by atoms with van der Waals surface area (Å²) >= 11 is 0. The summed E-state index contributed by atoms with van der Waals surface area (Å²) in [6, 6.07) is 0. The largest absolute Gasteiger partial charge is 0.370 e. The number of nitrogens with one attached hydrogen (secondary N) is 2. The van der Waals surface area contributed by atoms with Crippen LogP contribution in [-0.2, 0) is 6.42 Å². The second kappa shape index (κ2) is 7.42. The number of rotatable bonds is 8. The highest BCUT2D eigenvalue weighted by atomic mass is 19.3. The van der Waals surface area contributed by atoms with Crippen LogP contribution in [0.25, 0.3) is 0 Å². The zero-order valence-corrected chi connectivity index (χ0v) is 12.3. The molecule has 0 unspecified atom stereocenters. The minimum absolute atomic E-state index is 0.153. The van der Waals surface area contributed by atoms with Crippen LogP contribution in [-0.4, -0.2) is 35.4 Å². The lowest BCUT2D eigenvalue weighted by Crippen LogP contribution is -2.35. The van der Waals surface area contributed by atoms with Crippen LogP contribution in [0.4, 0.5) is 29.2 Å². The number of alkyl halides is 4. The van der Waals surface area contributed by atoms with Gasteiger partial charge in [0.05, 0.1) is 6.54 Å². The molecule has 120 valence electrons. The highest BCUT2D eigenvalue weighted by Crippen LogP contribution is 2.25. The van der Waals surface area contributed by atoms with Crippen molar-refractivity contribution in [3.63, 3.8) is 0 Å². The molecule has 0 spiro atoms. The van der Waals surface area contributed by atoms with Gasteiger partial charge >= 0.3 is 12.3 Å². The third-order valence-electron chi connectivity index (χ3n) is 2.86. The summed E-state index contributed by atoms with van der Waals surface area (Å²) in [6.45, 7) is 4.96. The molecule has 0 atom stereocenters. The molecule has 0 saturated carbocycles. The number of halogens is 4. The van der Waals surface area contributed by atoms with E-state index in [0.29, 0.717) is 30.2 Å². The van der Waals surface area contributed by atoms with E-state index < -0.39 is 18.9 Å². The van der Waals surface area contributed by atoms with Crippen LogP contribution < -0.4 is 10.6 Å². The van der Waals surface area contributed by atoms with Gasteiger partial charge < -0.3 is 10.6 Å². The molecule has 0 aliphatic carbocycles. The molecule has 0 aromatic carbocycles. The van der Waals surface area contributed by atoms with E-state index in [2.05, 4.69) is 20.6 Å². The van der Waals surface area contributed by atoms with Gasteiger partial charge in [0.25, 0.3) is 0 Å². The van der Waals surface area contributed by atoms with Gasteiger partial charge in [-0.25, -0.2) is 18.7 Å². The Balaban J connectivity index is 2.95. The van der Waals surface area contributed by atoms with Crippen LogP contribution >= 0.6 is 0 Å². The van der Waals surface area contributed by atoms with Crippen molar-refractivity contribution in [1.82, 2.24) is 9.97 Å². The molecule has 1 heterocycles. The average Bonchev–Trinajstić information content (AvgIpc) is 2.44. The molecule has 0 bridgehead atoms. The Bertz CT molecular complexity index is 466. The average molecular weight is 308 g/mol. The molecule has 21 heavy (non-hydrogen) atoms. The second-order valence-corrected chi connectivity index (χ2v) is 4.66. The highest BCUT2D eigenvalue weighted by Gasteiger charge is 2.40. The lowest BCUT2D eigenvalue weighted by Gasteiger charge is -2.18. The lowest BCUT2D eigenvalue weighted by atomic mass is 10.2. The fraction of sp³-hybridized carbons (Fsp3) is 0.692. The molecule has 8 heteroatoms. The zero-order chi connectivity index (χ0) is 16.0. The second-order valence-electron chi connectivity index (χ2n) is 4.66. The van der Waals surface area contributed by atoms with Gasteiger partial charge in [0.2, 0.25) is 0 Å². The van der Waals surface area contributed by atoms with Gasteiger partial charge in [-0.05, 0) is 13.3 Å². The fourth-order valence-corrected chi connectivity index (χ4v) is 1.59. The summed E-state index contributed by atoms with van der Waals surface area (Å²) in [7, 11) is 0. The van der Waals surface area contributed by atoms with Crippen molar-refractivity contribution in [3.05, 3.63) is 11.4 Å². The van der Waals surface area contributed by atoms with Gasteiger partial charge in [-0.15, -0.1) is 0 Å². The Morgan fingerprint density at radius 2 is 1.67 bits per heavy atom. The van der Waals surface area contributed by atoms with E-state index in [0.717, 1.165) is 6.42 Å². The lowest BCUT2D eigenvalue weighted by molar-refractivity contribution is -0.117. The molecule has 1 aromatic heterocycles. The van der Waals surface area contributed by atoms with Gasteiger partial charge in [-0.2, -0.15) is 8.78 Å². The van der Waals surface area contributed by atoms with E-state index in [-0.39, 0.29) is 5.82 Å². The third kappa shape index (κ3) is 4.71. The van der Waals surface area contributed by atoms with Gasteiger partial charge in [-0.1, -0.05) is 13.8 Å². The van der Waals surface area contributed by atoms with E-state index in [1.54, 1.807) is 6.92 Å². The van der Waals surface area contributed by atoms with Crippen LogP contribution in [0, 0.1) is 6.92 Å². The summed E-state index contributed by atoms with van der Waals surface area (Å²) in [5.41, 5.74) is 0.533. The molecule has 0 amide bonds. The van der Waals surface area contributed by atoms with Crippen LogP contribution in [0.5, 0.6) is 0 Å². The number of hydrogen-bond acceptors (Lipinski definition) is 4. The van der Waals surface area contributed by atoms with E-state index in [1.165, 1.54) is 0 Å². The summed E-state index contributed by atoms with van der Waals surface area (Å²) in [5, 5.41) is 5.38. The number of aryl methyl sites for hydroxylation is 1. The van der Waals surface area contributed by atoms with E-state index in [1.807, 2.05) is 13.8 Å². The minimum atomic E-state index is -4.10. The molecule has 0 radical (unpaired) electrons. The molecule has 0 aliphatic heterocycles. The SMILES string of the molecule is CCCNc1nc(CC)nc(NCC(F)(F)C(F)F)c1C. The molecular weight excluding hydrogens is 288 g/mol. The van der Waals surface area contributed by atoms with Crippen molar-refractivity contribution in [1.29, 1.82) is 0 Å². The first-order chi connectivity index (χ1) is 9.81. The van der Waals surface area contributed by atoms with Crippen molar-refractivity contribution in [2.24, 2.45) is 0 Å². The quantitative estimate of drug-likeness (QED) is 0.722. The number of aromatic nitrogens is 2. The maximum absolute atomic E-state index is 13.0. The normalized spacial score (nSPS) is 11.8. The number of anilines is 2. The van der Waals surface area contributed by atoms with Gasteiger partial charge in [0, 0.05) is 18.5 Å². The topological polar surface area (TPSA) is 49.8 Å². The minimum Gasteiger partial charge on any atom is -0.370 e. The number of hydrogen-bond donors (Lipinski definition) is 2. The predicted molar refractivity (Wildman–Crippen MR) is 74.4 cm³/mol. The van der Waals surface area contributed by atoms with E-state index in [4.69, 9.17) is 0 Å². The summed E-state index contributed by atoms with van der Waals surface area (Å²) in [4.78, 5) is 8.35. The Hall–Kier alpha value is -1.60. The Labute approximate surface area is 121 Å². The smallest absolute Gasteiger partial charge is 0.324 e. The standard InChI is InChI=1S/C13H20F4N4/c1-4-6-18-10-8(3)11(21-9(5-2)20-10)19-7-13(16,17)12(14)15/h12H,4-7H2,1-3H3,(H2,18,19,20,21). The molecule has 0 saturated heterocycles. The van der Waals surface area contributed by atoms with Gasteiger partial charge in [0.15, 0.2) is 0 Å². The highest BCUT2D eigenvalue weighted by molar-refractivity contribution is 5.57. The monoisotopic (exact) mass is 308 g/mol. The first-order valence-electron chi connectivity index (χ1n) is 6.83. The first-order valence-corrected chi connectivity index (χ1v) is 6.83. The van der Waals surface area contributed by atoms with Crippen LogP contribution in [0.15, 0.2) is 0 Å². The summed E-state index contributed by atoms with van der Waals surface area (Å²) in [5.74, 6) is -2.95. The van der Waals surface area contributed by atoms with E-state index >= 15 is 0 Å². The van der Waals surface area contributed by atoms with Crippen molar-refractivity contribution < 1.29 is 17.6 Å². The van der Waals surface area contributed by atoms with Gasteiger partial charge in [0.1, 0.15) is 17.5 Å². The molecule has 4 nitrogen and oxygen atoms in total.